The molecule has 7 heteroatoms. The topological polar surface area (TPSA) is 92.3 Å². The summed E-state index contributed by atoms with van der Waals surface area (Å²) in [5.41, 5.74) is 2.78. The van der Waals surface area contributed by atoms with E-state index < -0.39 is 33.6 Å². The van der Waals surface area contributed by atoms with Crippen molar-refractivity contribution in [2.24, 2.45) is 0 Å². The first-order valence-electron chi connectivity index (χ1n) is 9.12. The van der Waals surface area contributed by atoms with Crippen molar-refractivity contribution in [2.75, 3.05) is 10.6 Å². The average molecular weight is 398 g/mol. The number of rotatable bonds is 5. The Morgan fingerprint density at radius 3 is 2.54 bits per heavy atom. The monoisotopic (exact) mass is 398 g/mol. The van der Waals surface area contributed by atoms with Crippen molar-refractivity contribution in [1.82, 2.24) is 0 Å². The predicted octanol–water partition coefficient (Wildman–Crippen LogP) is 3.01. The molecule has 2 aromatic rings. The van der Waals surface area contributed by atoms with Crippen molar-refractivity contribution in [2.45, 2.75) is 43.3 Å². The second kappa shape index (κ2) is 8.06. The van der Waals surface area contributed by atoms with Crippen molar-refractivity contribution in [1.29, 1.82) is 0 Å². The third kappa shape index (κ3) is 3.62. The van der Waals surface area contributed by atoms with Gasteiger partial charge in [-0.1, -0.05) is 51.1 Å². The number of hydrogen-bond acceptors (Lipinski definition) is 4. The summed E-state index contributed by atoms with van der Waals surface area (Å²) in [6.45, 7) is 5.94. The van der Waals surface area contributed by atoms with Crippen LogP contribution in [0.2, 0.25) is 0 Å². The van der Waals surface area contributed by atoms with Gasteiger partial charge in [0.25, 0.3) is 5.91 Å². The fourth-order valence-electron chi connectivity index (χ4n) is 3.23. The lowest BCUT2D eigenvalue weighted by Crippen LogP contribution is -2.46. The molecule has 6 nitrogen and oxygen atoms in total. The van der Waals surface area contributed by atoms with Crippen LogP contribution >= 0.6 is 0 Å². The van der Waals surface area contributed by atoms with Gasteiger partial charge in [0.15, 0.2) is 5.25 Å². The molecule has 0 aliphatic carbocycles. The minimum atomic E-state index is -1.94. The van der Waals surface area contributed by atoms with Crippen molar-refractivity contribution < 1.29 is 18.6 Å². The summed E-state index contributed by atoms with van der Waals surface area (Å²) in [4.78, 5) is 38.1. The van der Waals surface area contributed by atoms with Crippen molar-refractivity contribution >= 4 is 39.8 Å². The van der Waals surface area contributed by atoms with Gasteiger partial charge in [0.1, 0.15) is 0 Å². The maximum Gasteiger partial charge on any atom is 0.293 e. The number of ketones is 1. The summed E-state index contributed by atoms with van der Waals surface area (Å²) >= 11 is 0. The molecule has 0 bridgehead atoms. The van der Waals surface area contributed by atoms with Gasteiger partial charge in [-0.25, -0.2) is 0 Å². The molecule has 0 saturated heterocycles. The molecule has 3 rings (SSSR count). The van der Waals surface area contributed by atoms with E-state index in [-0.39, 0.29) is 5.92 Å². The van der Waals surface area contributed by atoms with Crippen LogP contribution in [-0.2, 0) is 31.6 Å². The van der Waals surface area contributed by atoms with Gasteiger partial charge in [-0.05, 0) is 35.6 Å². The summed E-state index contributed by atoms with van der Waals surface area (Å²) < 4.78 is 12.8. The van der Waals surface area contributed by atoms with E-state index in [1.807, 2.05) is 39.0 Å². The van der Waals surface area contributed by atoms with Crippen LogP contribution in [0.1, 0.15) is 37.8 Å². The van der Waals surface area contributed by atoms with E-state index in [0.29, 0.717) is 22.7 Å². The van der Waals surface area contributed by atoms with Gasteiger partial charge in [0, 0.05) is 5.69 Å². The van der Waals surface area contributed by atoms with Gasteiger partial charge < -0.3 is 10.6 Å². The SMILES string of the molecule is CCc1cccc(C(C)C)c1NC(=O)C(=O)[C@@H]1C(=O)Nc2ccccc2[S@]1=O. The highest BCUT2D eigenvalue weighted by molar-refractivity contribution is 7.87. The Balaban J connectivity index is 1.90. The zero-order chi connectivity index (χ0) is 20.4. The van der Waals surface area contributed by atoms with Gasteiger partial charge in [-0.15, -0.1) is 0 Å². The Hall–Kier alpha value is -2.80. The Labute approximate surface area is 166 Å². The summed E-state index contributed by atoms with van der Waals surface area (Å²) in [6, 6.07) is 12.2. The first-order chi connectivity index (χ1) is 13.3. The fourth-order valence-corrected chi connectivity index (χ4v) is 4.58. The van der Waals surface area contributed by atoms with E-state index in [4.69, 9.17) is 0 Å². The van der Waals surface area contributed by atoms with Gasteiger partial charge in [-0.2, -0.15) is 0 Å². The van der Waals surface area contributed by atoms with Gasteiger partial charge in [-0.3, -0.25) is 18.6 Å². The molecule has 0 unspecified atom stereocenters. The molecule has 1 aliphatic heterocycles. The molecule has 2 amide bonds. The van der Waals surface area contributed by atoms with E-state index in [9.17, 15) is 18.6 Å². The van der Waals surface area contributed by atoms with Gasteiger partial charge in [0.05, 0.1) is 21.4 Å². The third-order valence-corrected chi connectivity index (χ3v) is 6.35. The molecule has 2 aromatic carbocycles. The molecule has 0 spiro atoms. The van der Waals surface area contributed by atoms with Crippen LogP contribution < -0.4 is 10.6 Å². The van der Waals surface area contributed by atoms with Crippen LogP contribution in [0.4, 0.5) is 11.4 Å². The lowest BCUT2D eigenvalue weighted by Gasteiger charge is -2.23. The molecule has 1 heterocycles. The average Bonchev–Trinajstić information content (AvgIpc) is 2.67. The highest BCUT2D eigenvalue weighted by Gasteiger charge is 2.41. The van der Waals surface area contributed by atoms with Gasteiger partial charge in [0.2, 0.25) is 11.7 Å². The minimum absolute atomic E-state index is 0.135. The van der Waals surface area contributed by atoms with Crippen LogP contribution in [0.15, 0.2) is 47.4 Å². The van der Waals surface area contributed by atoms with Gasteiger partial charge >= 0.3 is 0 Å². The molecule has 0 saturated carbocycles. The normalized spacial score (nSPS) is 18.4. The number of carbonyl (C=O) groups excluding carboxylic acids is 3. The summed E-state index contributed by atoms with van der Waals surface area (Å²) in [5, 5.41) is 3.67. The summed E-state index contributed by atoms with van der Waals surface area (Å²) in [7, 11) is -1.94. The van der Waals surface area contributed by atoms with Crippen LogP contribution in [0, 0.1) is 0 Å². The van der Waals surface area contributed by atoms with E-state index in [1.165, 1.54) is 0 Å². The predicted molar refractivity (Wildman–Crippen MR) is 109 cm³/mol. The lowest BCUT2D eigenvalue weighted by atomic mass is 9.96. The maximum absolute atomic E-state index is 12.8. The number of benzene rings is 2. The number of fused-ring (bicyclic) bond motifs is 1. The molecule has 1 aliphatic rings. The molecular formula is C21H22N2O4S. The molecule has 2 atom stereocenters. The molecule has 0 radical (unpaired) electrons. The van der Waals surface area contributed by atoms with E-state index in [1.54, 1.807) is 24.3 Å². The number of para-hydroxylation sites is 2. The number of nitrogens with one attached hydrogen (secondary N) is 2. The summed E-state index contributed by atoms with van der Waals surface area (Å²) in [5.74, 6) is -2.54. The first kappa shape index (κ1) is 19.9. The second-order valence-corrected chi connectivity index (χ2v) is 8.38. The number of Topliss-reactive ketones (excluding diaryl/α,β-unsaturated/α-hetero) is 1. The summed E-state index contributed by atoms with van der Waals surface area (Å²) in [6.07, 6.45) is 0.674. The molecule has 0 aromatic heterocycles. The Bertz CT molecular complexity index is 984. The van der Waals surface area contributed by atoms with E-state index in [0.717, 1.165) is 11.1 Å². The molecule has 146 valence electrons. The molecule has 28 heavy (non-hydrogen) atoms. The second-order valence-electron chi connectivity index (χ2n) is 6.87. The fraction of sp³-hybridized carbons (Fsp3) is 0.286. The van der Waals surface area contributed by atoms with Crippen molar-refractivity contribution in [3.8, 4) is 0 Å². The first-order valence-corrected chi connectivity index (χ1v) is 10.3. The Morgan fingerprint density at radius 2 is 1.86 bits per heavy atom. The Morgan fingerprint density at radius 1 is 1.14 bits per heavy atom. The maximum atomic E-state index is 12.8. The van der Waals surface area contributed by atoms with Crippen LogP contribution in [0.3, 0.4) is 0 Å². The highest BCUT2D eigenvalue weighted by Crippen LogP contribution is 2.30. The highest BCUT2D eigenvalue weighted by atomic mass is 32.2. The number of amides is 2. The number of hydrogen-bond donors (Lipinski definition) is 2. The standard InChI is InChI=1S/C21H22N2O4S/c1-4-13-8-7-9-14(12(2)3)17(13)23-20(25)18(24)19-21(26)22-15-10-5-6-11-16(15)28(19)27/h5-12,19H,4H2,1-3H3,(H,22,26)(H,23,25)/t19-,28-/m1/s1. The van der Waals surface area contributed by atoms with E-state index in [2.05, 4.69) is 10.6 Å². The quantitative estimate of drug-likeness (QED) is 0.598. The molecular weight excluding hydrogens is 376 g/mol. The van der Waals surface area contributed by atoms with Crippen molar-refractivity contribution in [3.05, 3.63) is 53.6 Å². The zero-order valence-corrected chi connectivity index (χ0v) is 16.8. The largest absolute Gasteiger partial charge is 0.324 e. The smallest absolute Gasteiger partial charge is 0.293 e. The number of anilines is 2. The van der Waals surface area contributed by atoms with Crippen LogP contribution in [-0.4, -0.2) is 27.1 Å². The molecule has 2 N–H and O–H groups in total. The van der Waals surface area contributed by atoms with Crippen LogP contribution in [0.5, 0.6) is 0 Å². The minimum Gasteiger partial charge on any atom is -0.324 e. The van der Waals surface area contributed by atoms with Crippen LogP contribution in [0.25, 0.3) is 0 Å². The number of aryl methyl sites for hydroxylation is 1. The third-order valence-electron chi connectivity index (χ3n) is 4.70. The molecule has 0 fully saturated rings. The van der Waals surface area contributed by atoms with E-state index >= 15 is 0 Å². The lowest BCUT2D eigenvalue weighted by molar-refractivity contribution is -0.136. The Kier molecular flexibility index (Phi) is 5.74. The van der Waals surface area contributed by atoms with Crippen molar-refractivity contribution in [3.63, 3.8) is 0 Å². The number of carbonyl (C=O) groups is 3. The zero-order valence-electron chi connectivity index (χ0n) is 15.9.